The van der Waals surface area contributed by atoms with Crippen molar-refractivity contribution in [1.29, 1.82) is 0 Å². The summed E-state index contributed by atoms with van der Waals surface area (Å²) >= 11 is 1.85. The lowest BCUT2D eigenvalue weighted by Crippen LogP contribution is -2.22. The predicted molar refractivity (Wildman–Crippen MR) is 82.1 cm³/mol. The monoisotopic (exact) mass is 275 g/mol. The van der Waals surface area contributed by atoms with Gasteiger partial charge in [0.2, 0.25) is 0 Å². The molecule has 0 aliphatic rings. The minimum absolute atomic E-state index is 0.636. The highest BCUT2D eigenvalue weighted by molar-refractivity contribution is 7.09. The van der Waals surface area contributed by atoms with Crippen molar-refractivity contribution in [3.05, 3.63) is 52.2 Å². The molecule has 0 saturated heterocycles. The van der Waals surface area contributed by atoms with Gasteiger partial charge in [0.25, 0.3) is 0 Å². The van der Waals surface area contributed by atoms with E-state index >= 15 is 0 Å². The molecule has 102 valence electrons. The third-order valence-electron chi connectivity index (χ3n) is 3.25. The van der Waals surface area contributed by atoms with Crippen LogP contribution in [0.2, 0.25) is 0 Å². The predicted octanol–water partition coefficient (Wildman–Crippen LogP) is 3.38. The molecule has 0 aliphatic carbocycles. The Labute approximate surface area is 119 Å². The zero-order chi connectivity index (χ0) is 13.5. The SMILES string of the molecule is CNCC(Cc1ccc(OC)cc1)Cc1cccs1. The van der Waals surface area contributed by atoms with E-state index in [9.17, 15) is 0 Å². The van der Waals surface area contributed by atoms with Crippen molar-refractivity contribution in [2.75, 3.05) is 20.7 Å². The lowest BCUT2D eigenvalue weighted by Gasteiger charge is -2.16. The molecule has 0 aliphatic heterocycles. The lowest BCUT2D eigenvalue weighted by atomic mass is 9.95. The van der Waals surface area contributed by atoms with E-state index in [4.69, 9.17) is 4.74 Å². The molecule has 0 fully saturated rings. The second-order valence-corrected chi connectivity index (χ2v) is 5.79. The molecule has 3 heteroatoms. The topological polar surface area (TPSA) is 21.3 Å². The first-order valence-corrected chi connectivity index (χ1v) is 7.49. The molecule has 1 N–H and O–H groups in total. The summed E-state index contributed by atoms with van der Waals surface area (Å²) in [6.07, 6.45) is 2.24. The summed E-state index contributed by atoms with van der Waals surface area (Å²) < 4.78 is 5.20. The number of ether oxygens (including phenoxy) is 1. The molecule has 19 heavy (non-hydrogen) atoms. The number of hydrogen-bond acceptors (Lipinski definition) is 3. The van der Waals surface area contributed by atoms with Crippen molar-refractivity contribution in [3.63, 3.8) is 0 Å². The van der Waals surface area contributed by atoms with E-state index < -0.39 is 0 Å². The van der Waals surface area contributed by atoms with Gasteiger partial charge in [0.05, 0.1) is 7.11 Å². The standard InChI is InChI=1S/C16H21NOS/c1-17-12-14(11-16-4-3-9-19-16)10-13-5-7-15(18-2)8-6-13/h3-9,14,17H,10-12H2,1-2H3. The van der Waals surface area contributed by atoms with E-state index in [2.05, 4.69) is 35.0 Å². The normalized spacial score (nSPS) is 12.3. The van der Waals surface area contributed by atoms with E-state index in [1.165, 1.54) is 10.4 Å². The third kappa shape index (κ3) is 4.37. The van der Waals surface area contributed by atoms with Crippen molar-refractivity contribution in [2.24, 2.45) is 5.92 Å². The zero-order valence-corrected chi connectivity index (χ0v) is 12.4. The van der Waals surface area contributed by atoms with Crippen LogP contribution in [0.3, 0.4) is 0 Å². The number of thiophene rings is 1. The Morgan fingerprint density at radius 1 is 1.16 bits per heavy atom. The first kappa shape index (κ1) is 14.1. The molecule has 1 atom stereocenters. The van der Waals surface area contributed by atoms with Gasteiger partial charge in [-0.15, -0.1) is 11.3 Å². The number of hydrogen-bond donors (Lipinski definition) is 1. The molecule has 0 spiro atoms. The number of nitrogens with one attached hydrogen (secondary N) is 1. The molecular formula is C16H21NOS. The Morgan fingerprint density at radius 2 is 1.95 bits per heavy atom. The van der Waals surface area contributed by atoms with E-state index in [0.717, 1.165) is 25.1 Å². The van der Waals surface area contributed by atoms with E-state index in [-0.39, 0.29) is 0 Å². The summed E-state index contributed by atoms with van der Waals surface area (Å²) in [5.41, 5.74) is 1.37. The Kier molecular flexibility index (Phi) is 5.43. The molecule has 1 heterocycles. The average Bonchev–Trinajstić information content (AvgIpc) is 2.93. The van der Waals surface area contributed by atoms with E-state index in [0.29, 0.717) is 5.92 Å². The molecule has 1 aromatic carbocycles. The van der Waals surface area contributed by atoms with Gasteiger partial charge in [0.1, 0.15) is 5.75 Å². The van der Waals surface area contributed by atoms with Gasteiger partial charge in [-0.1, -0.05) is 18.2 Å². The minimum atomic E-state index is 0.636. The van der Waals surface area contributed by atoms with Gasteiger partial charge in [0, 0.05) is 4.88 Å². The van der Waals surface area contributed by atoms with Crippen LogP contribution in [0.5, 0.6) is 5.75 Å². The van der Waals surface area contributed by atoms with Crippen LogP contribution >= 0.6 is 11.3 Å². The quantitative estimate of drug-likeness (QED) is 0.836. The van der Waals surface area contributed by atoms with Crippen LogP contribution in [0.4, 0.5) is 0 Å². The van der Waals surface area contributed by atoms with Gasteiger partial charge in [-0.25, -0.2) is 0 Å². The minimum Gasteiger partial charge on any atom is -0.497 e. The van der Waals surface area contributed by atoms with Crippen LogP contribution in [0.15, 0.2) is 41.8 Å². The lowest BCUT2D eigenvalue weighted by molar-refractivity contribution is 0.414. The summed E-state index contributed by atoms with van der Waals surface area (Å²) in [5.74, 6) is 1.56. The number of methoxy groups -OCH3 is 1. The Bertz CT molecular complexity index is 464. The van der Waals surface area contributed by atoms with Crippen molar-refractivity contribution in [2.45, 2.75) is 12.8 Å². The Hall–Kier alpha value is -1.32. The van der Waals surface area contributed by atoms with E-state index in [1.807, 2.05) is 30.5 Å². The summed E-state index contributed by atoms with van der Waals surface area (Å²) in [4.78, 5) is 1.47. The molecule has 2 nitrogen and oxygen atoms in total. The van der Waals surface area contributed by atoms with Gasteiger partial charge in [-0.2, -0.15) is 0 Å². The summed E-state index contributed by atoms with van der Waals surface area (Å²) in [6, 6.07) is 12.8. The molecular weight excluding hydrogens is 254 g/mol. The Balaban J connectivity index is 1.98. The highest BCUT2D eigenvalue weighted by atomic mass is 32.1. The van der Waals surface area contributed by atoms with Crippen molar-refractivity contribution in [1.82, 2.24) is 5.32 Å². The molecule has 0 radical (unpaired) electrons. The largest absolute Gasteiger partial charge is 0.497 e. The smallest absolute Gasteiger partial charge is 0.118 e. The second kappa shape index (κ2) is 7.31. The molecule has 0 bridgehead atoms. The molecule has 0 amide bonds. The van der Waals surface area contributed by atoms with Crippen LogP contribution in [-0.4, -0.2) is 20.7 Å². The van der Waals surface area contributed by atoms with E-state index in [1.54, 1.807) is 7.11 Å². The fourth-order valence-corrected chi connectivity index (χ4v) is 3.13. The fraction of sp³-hybridized carbons (Fsp3) is 0.375. The van der Waals surface area contributed by atoms with Crippen LogP contribution in [-0.2, 0) is 12.8 Å². The summed E-state index contributed by atoms with van der Waals surface area (Å²) in [6.45, 7) is 1.05. The second-order valence-electron chi connectivity index (χ2n) is 4.76. The first-order valence-electron chi connectivity index (χ1n) is 6.61. The first-order chi connectivity index (χ1) is 9.31. The van der Waals surface area contributed by atoms with Crippen LogP contribution < -0.4 is 10.1 Å². The number of benzene rings is 1. The zero-order valence-electron chi connectivity index (χ0n) is 11.6. The van der Waals surface area contributed by atoms with Gasteiger partial charge in [-0.05, 0) is 61.5 Å². The average molecular weight is 275 g/mol. The van der Waals surface area contributed by atoms with Gasteiger partial charge < -0.3 is 10.1 Å². The van der Waals surface area contributed by atoms with Gasteiger partial charge in [-0.3, -0.25) is 0 Å². The Morgan fingerprint density at radius 3 is 2.53 bits per heavy atom. The molecule has 2 aromatic rings. The van der Waals surface area contributed by atoms with Crippen molar-refractivity contribution < 1.29 is 4.74 Å². The number of rotatable bonds is 7. The van der Waals surface area contributed by atoms with Crippen LogP contribution in [0, 0.1) is 5.92 Å². The molecule has 1 aromatic heterocycles. The van der Waals surface area contributed by atoms with Gasteiger partial charge >= 0.3 is 0 Å². The van der Waals surface area contributed by atoms with Crippen molar-refractivity contribution >= 4 is 11.3 Å². The maximum atomic E-state index is 5.20. The van der Waals surface area contributed by atoms with Crippen molar-refractivity contribution in [3.8, 4) is 5.75 Å². The maximum absolute atomic E-state index is 5.20. The summed E-state index contributed by atoms with van der Waals surface area (Å²) in [5, 5.41) is 5.45. The fourth-order valence-electron chi connectivity index (χ4n) is 2.31. The summed E-state index contributed by atoms with van der Waals surface area (Å²) in [7, 11) is 3.73. The highest BCUT2D eigenvalue weighted by Crippen LogP contribution is 2.19. The molecule has 1 unspecified atom stereocenters. The molecule has 0 saturated carbocycles. The third-order valence-corrected chi connectivity index (χ3v) is 4.14. The van der Waals surface area contributed by atoms with Gasteiger partial charge in [0.15, 0.2) is 0 Å². The maximum Gasteiger partial charge on any atom is 0.118 e. The van der Waals surface area contributed by atoms with Crippen LogP contribution in [0.25, 0.3) is 0 Å². The van der Waals surface area contributed by atoms with Crippen LogP contribution in [0.1, 0.15) is 10.4 Å². The highest BCUT2D eigenvalue weighted by Gasteiger charge is 2.11. The molecule has 2 rings (SSSR count).